The van der Waals surface area contributed by atoms with Crippen LogP contribution in [0.15, 0.2) is 24.3 Å². The van der Waals surface area contributed by atoms with Crippen molar-refractivity contribution < 1.29 is 0 Å². The van der Waals surface area contributed by atoms with Crippen molar-refractivity contribution in [2.45, 2.75) is 45.1 Å². The van der Waals surface area contributed by atoms with Gasteiger partial charge in [0.15, 0.2) is 0 Å². The maximum absolute atomic E-state index is 3.81. The van der Waals surface area contributed by atoms with Gasteiger partial charge in [-0.25, -0.2) is 0 Å². The van der Waals surface area contributed by atoms with Crippen molar-refractivity contribution in [1.82, 2.24) is 5.32 Å². The quantitative estimate of drug-likeness (QED) is 0.740. The van der Waals surface area contributed by atoms with Gasteiger partial charge in [0.25, 0.3) is 0 Å². The number of rotatable bonds is 6. The molecule has 1 nitrogen and oxygen atoms in total. The predicted molar refractivity (Wildman–Crippen MR) is 89.3 cm³/mol. The topological polar surface area (TPSA) is 12.0 Å². The van der Waals surface area contributed by atoms with Crippen LogP contribution in [-0.4, -0.2) is 12.6 Å². The lowest BCUT2D eigenvalue weighted by molar-refractivity contribution is 0.332. The molecule has 2 aliphatic rings. The van der Waals surface area contributed by atoms with Crippen LogP contribution in [0.4, 0.5) is 0 Å². The second kappa shape index (κ2) is 6.13. The summed E-state index contributed by atoms with van der Waals surface area (Å²) in [6.45, 7) is 3.43. The molecule has 0 aliphatic heterocycles. The molecule has 0 bridgehead atoms. The molecule has 2 heteroatoms. The summed E-state index contributed by atoms with van der Waals surface area (Å²) in [5, 5.41) is 3.81. The second-order valence-electron chi connectivity index (χ2n) is 6.38. The SMILES string of the molecule is CCCNC(Cc1ccc(I)cc1)C1CC2CC2C1. The Morgan fingerprint density at radius 2 is 1.84 bits per heavy atom. The van der Waals surface area contributed by atoms with E-state index in [0.717, 1.165) is 17.8 Å². The van der Waals surface area contributed by atoms with Gasteiger partial charge in [0.1, 0.15) is 0 Å². The van der Waals surface area contributed by atoms with Gasteiger partial charge in [-0.3, -0.25) is 0 Å². The molecular weight excluding hydrogens is 345 g/mol. The number of hydrogen-bond donors (Lipinski definition) is 1. The van der Waals surface area contributed by atoms with Gasteiger partial charge >= 0.3 is 0 Å². The molecule has 2 aliphatic carbocycles. The first-order valence-corrected chi connectivity index (χ1v) is 8.82. The van der Waals surface area contributed by atoms with Gasteiger partial charge in [-0.05, 0) is 96.7 Å². The van der Waals surface area contributed by atoms with Crippen LogP contribution in [0, 0.1) is 21.3 Å². The van der Waals surface area contributed by atoms with E-state index in [-0.39, 0.29) is 0 Å². The van der Waals surface area contributed by atoms with Crippen molar-refractivity contribution in [3.8, 4) is 0 Å². The zero-order valence-electron chi connectivity index (χ0n) is 11.7. The fourth-order valence-corrected chi connectivity index (χ4v) is 4.06. The van der Waals surface area contributed by atoms with Crippen LogP contribution in [0.25, 0.3) is 0 Å². The lowest BCUT2D eigenvalue weighted by Crippen LogP contribution is -2.38. The van der Waals surface area contributed by atoms with E-state index < -0.39 is 0 Å². The standard InChI is InChI=1S/C17H24IN/c1-2-7-19-17(15-10-13-9-14(13)11-15)8-12-3-5-16(18)6-4-12/h3-6,13-15,17,19H,2,7-11H2,1H3. The summed E-state index contributed by atoms with van der Waals surface area (Å²) in [4.78, 5) is 0. The van der Waals surface area contributed by atoms with E-state index in [1.54, 1.807) is 0 Å². The number of halogens is 1. The molecule has 3 rings (SSSR count). The predicted octanol–water partition coefficient (Wildman–Crippen LogP) is 4.25. The number of benzene rings is 1. The van der Waals surface area contributed by atoms with Gasteiger partial charge in [-0.2, -0.15) is 0 Å². The van der Waals surface area contributed by atoms with Crippen molar-refractivity contribution in [1.29, 1.82) is 0 Å². The molecule has 1 aromatic rings. The lowest BCUT2D eigenvalue weighted by Gasteiger charge is -2.26. The molecule has 19 heavy (non-hydrogen) atoms. The summed E-state index contributed by atoms with van der Waals surface area (Å²) in [6.07, 6.45) is 6.94. The minimum Gasteiger partial charge on any atom is -0.313 e. The lowest BCUT2D eigenvalue weighted by atomic mass is 9.89. The molecule has 0 heterocycles. The van der Waals surface area contributed by atoms with Crippen molar-refractivity contribution in [3.05, 3.63) is 33.4 Å². The number of hydrogen-bond acceptors (Lipinski definition) is 1. The smallest absolute Gasteiger partial charge is 0.0136 e. The van der Waals surface area contributed by atoms with E-state index in [2.05, 4.69) is 59.1 Å². The third-order valence-corrected chi connectivity index (χ3v) is 5.59. The van der Waals surface area contributed by atoms with E-state index in [1.165, 1.54) is 47.8 Å². The van der Waals surface area contributed by atoms with Gasteiger partial charge in [0.05, 0.1) is 0 Å². The third kappa shape index (κ3) is 3.52. The van der Waals surface area contributed by atoms with Gasteiger partial charge in [0.2, 0.25) is 0 Å². The molecular formula is C17H24IN. The average molecular weight is 369 g/mol. The van der Waals surface area contributed by atoms with Crippen molar-refractivity contribution in [3.63, 3.8) is 0 Å². The van der Waals surface area contributed by atoms with Gasteiger partial charge in [-0.15, -0.1) is 0 Å². The van der Waals surface area contributed by atoms with Crippen LogP contribution in [0.1, 0.15) is 38.2 Å². The second-order valence-corrected chi connectivity index (χ2v) is 7.62. The van der Waals surface area contributed by atoms with E-state index in [0.29, 0.717) is 6.04 Å². The first kappa shape index (κ1) is 13.9. The Bertz CT molecular complexity index is 404. The molecule has 2 saturated carbocycles. The number of nitrogens with one attached hydrogen (secondary N) is 1. The Labute approximate surface area is 130 Å². The molecule has 1 aromatic carbocycles. The largest absolute Gasteiger partial charge is 0.313 e. The summed E-state index contributed by atoms with van der Waals surface area (Å²) in [5.74, 6) is 3.11. The molecule has 0 spiro atoms. The van der Waals surface area contributed by atoms with Crippen LogP contribution in [0.3, 0.4) is 0 Å². The Morgan fingerprint density at radius 1 is 1.16 bits per heavy atom. The molecule has 3 unspecified atom stereocenters. The molecule has 0 amide bonds. The van der Waals surface area contributed by atoms with E-state index in [1.807, 2.05) is 0 Å². The Balaban J connectivity index is 1.62. The number of fused-ring (bicyclic) bond motifs is 1. The Kier molecular flexibility index (Phi) is 4.47. The van der Waals surface area contributed by atoms with Gasteiger partial charge in [-0.1, -0.05) is 19.1 Å². The maximum Gasteiger partial charge on any atom is 0.0136 e. The van der Waals surface area contributed by atoms with Gasteiger partial charge in [0, 0.05) is 9.61 Å². The van der Waals surface area contributed by atoms with Crippen LogP contribution >= 0.6 is 22.6 Å². The molecule has 0 saturated heterocycles. The molecule has 0 aromatic heterocycles. The third-order valence-electron chi connectivity index (χ3n) is 4.87. The van der Waals surface area contributed by atoms with Crippen molar-refractivity contribution in [2.24, 2.45) is 17.8 Å². The van der Waals surface area contributed by atoms with E-state index >= 15 is 0 Å². The summed E-state index contributed by atoms with van der Waals surface area (Å²) in [7, 11) is 0. The molecule has 0 radical (unpaired) electrons. The fraction of sp³-hybridized carbons (Fsp3) is 0.647. The zero-order chi connectivity index (χ0) is 13.2. The summed E-state index contributed by atoms with van der Waals surface area (Å²) in [5.41, 5.74) is 1.49. The summed E-state index contributed by atoms with van der Waals surface area (Å²) in [6, 6.07) is 9.78. The van der Waals surface area contributed by atoms with E-state index in [9.17, 15) is 0 Å². The highest BCUT2D eigenvalue weighted by Gasteiger charge is 2.47. The fourth-order valence-electron chi connectivity index (χ4n) is 3.70. The monoisotopic (exact) mass is 369 g/mol. The van der Waals surface area contributed by atoms with Crippen molar-refractivity contribution >= 4 is 22.6 Å². The Morgan fingerprint density at radius 3 is 2.47 bits per heavy atom. The average Bonchev–Trinajstić information content (AvgIpc) is 3.03. The molecule has 104 valence electrons. The first-order chi connectivity index (χ1) is 9.26. The summed E-state index contributed by atoms with van der Waals surface area (Å²) >= 11 is 2.38. The molecule has 2 fully saturated rings. The van der Waals surface area contributed by atoms with Crippen LogP contribution in [-0.2, 0) is 6.42 Å². The highest BCUT2D eigenvalue weighted by atomic mass is 127. The normalized spacial score (nSPS) is 30.1. The minimum atomic E-state index is 0.702. The van der Waals surface area contributed by atoms with Crippen LogP contribution in [0.2, 0.25) is 0 Å². The Hall–Kier alpha value is -0.0900. The minimum absolute atomic E-state index is 0.702. The van der Waals surface area contributed by atoms with Crippen LogP contribution < -0.4 is 5.32 Å². The van der Waals surface area contributed by atoms with Crippen LogP contribution in [0.5, 0.6) is 0 Å². The highest BCUT2D eigenvalue weighted by Crippen LogP contribution is 2.55. The first-order valence-electron chi connectivity index (χ1n) is 7.74. The molecule has 1 N–H and O–H groups in total. The molecule has 3 atom stereocenters. The maximum atomic E-state index is 3.81. The summed E-state index contributed by atoms with van der Waals surface area (Å²) < 4.78 is 1.33. The zero-order valence-corrected chi connectivity index (χ0v) is 13.9. The van der Waals surface area contributed by atoms with Crippen molar-refractivity contribution in [2.75, 3.05) is 6.54 Å². The van der Waals surface area contributed by atoms with Gasteiger partial charge < -0.3 is 5.32 Å². The van der Waals surface area contributed by atoms with E-state index in [4.69, 9.17) is 0 Å². The highest BCUT2D eigenvalue weighted by molar-refractivity contribution is 14.1.